The summed E-state index contributed by atoms with van der Waals surface area (Å²) >= 11 is 0. The van der Waals surface area contributed by atoms with Crippen molar-refractivity contribution < 1.29 is 27.4 Å². The third-order valence-corrected chi connectivity index (χ3v) is 5.02. The normalized spacial score (nSPS) is 23.0. The number of hydrogen-bond acceptors (Lipinski definition) is 4. The van der Waals surface area contributed by atoms with Crippen molar-refractivity contribution in [2.24, 2.45) is 5.92 Å². The first kappa shape index (κ1) is 20.0. The zero-order chi connectivity index (χ0) is 19.9. The first-order valence-corrected chi connectivity index (χ1v) is 9.17. The van der Waals surface area contributed by atoms with E-state index in [2.05, 4.69) is 5.10 Å². The van der Waals surface area contributed by atoms with Crippen molar-refractivity contribution in [3.05, 3.63) is 18.0 Å². The highest BCUT2D eigenvalue weighted by Crippen LogP contribution is 2.39. The quantitative estimate of drug-likeness (QED) is 0.774. The molecular weight excluding hydrogens is 363 g/mol. The number of carbonyl (C=O) groups is 1. The topological polar surface area (TPSA) is 56.6 Å². The Bertz CT molecular complexity index is 673. The minimum Gasteiger partial charge on any atom is -0.444 e. The Balaban J connectivity index is 1.51. The molecular formula is C18H26F3N3O3. The number of halogens is 3. The van der Waals surface area contributed by atoms with Gasteiger partial charge in [-0.3, -0.25) is 4.68 Å². The molecule has 27 heavy (non-hydrogen) atoms. The Kier molecular flexibility index (Phi) is 5.18. The van der Waals surface area contributed by atoms with E-state index in [1.54, 1.807) is 4.90 Å². The van der Waals surface area contributed by atoms with Gasteiger partial charge in [0.1, 0.15) is 5.60 Å². The van der Waals surface area contributed by atoms with Crippen molar-refractivity contribution in [3.8, 4) is 0 Å². The number of aromatic nitrogens is 2. The second-order valence-electron chi connectivity index (χ2n) is 8.48. The van der Waals surface area contributed by atoms with E-state index < -0.39 is 17.3 Å². The summed E-state index contributed by atoms with van der Waals surface area (Å²) in [5.41, 5.74) is -1.56. The van der Waals surface area contributed by atoms with Gasteiger partial charge in [-0.1, -0.05) is 0 Å². The van der Waals surface area contributed by atoms with Crippen LogP contribution in [-0.2, 0) is 22.2 Å². The smallest absolute Gasteiger partial charge is 0.419 e. The highest BCUT2D eigenvalue weighted by Gasteiger charge is 2.44. The summed E-state index contributed by atoms with van der Waals surface area (Å²) in [6, 6.07) is 0. The molecule has 1 amide bonds. The van der Waals surface area contributed by atoms with Gasteiger partial charge in [-0.25, -0.2) is 4.79 Å². The molecule has 0 radical (unpaired) electrons. The summed E-state index contributed by atoms with van der Waals surface area (Å²) in [7, 11) is 0. The standard InChI is InChI=1S/C18H26F3N3O3/c1-16(2,3)27-15(25)23-6-4-17(5-7-23)8-13(12-26-17)10-24-11-14(9-22-24)18(19,20)21/h9,11,13H,4-8,10,12H2,1-3H3. The molecule has 1 aromatic rings. The molecule has 1 aromatic heterocycles. The molecule has 2 aliphatic rings. The van der Waals surface area contributed by atoms with Gasteiger partial charge >= 0.3 is 12.3 Å². The zero-order valence-corrected chi connectivity index (χ0v) is 15.9. The lowest BCUT2D eigenvalue weighted by Crippen LogP contribution is -2.47. The molecule has 2 fully saturated rings. The maximum atomic E-state index is 12.7. The fourth-order valence-corrected chi connectivity index (χ4v) is 3.70. The van der Waals surface area contributed by atoms with Gasteiger partial charge in [0.05, 0.1) is 24.0 Å². The maximum absolute atomic E-state index is 12.7. The number of piperidine rings is 1. The van der Waals surface area contributed by atoms with E-state index in [1.165, 1.54) is 4.68 Å². The monoisotopic (exact) mass is 389 g/mol. The van der Waals surface area contributed by atoms with E-state index in [9.17, 15) is 18.0 Å². The molecule has 152 valence electrons. The van der Waals surface area contributed by atoms with Crippen LogP contribution in [0.15, 0.2) is 12.4 Å². The van der Waals surface area contributed by atoms with Crippen LogP contribution < -0.4 is 0 Å². The summed E-state index contributed by atoms with van der Waals surface area (Å²) in [6.45, 7) is 7.51. The van der Waals surface area contributed by atoms with E-state index in [1.807, 2.05) is 20.8 Å². The molecule has 0 aliphatic carbocycles. The van der Waals surface area contributed by atoms with Gasteiger partial charge in [0.25, 0.3) is 0 Å². The summed E-state index contributed by atoms with van der Waals surface area (Å²) < 4.78 is 50.8. The maximum Gasteiger partial charge on any atom is 0.419 e. The number of nitrogens with zero attached hydrogens (tertiary/aromatic N) is 3. The summed E-state index contributed by atoms with van der Waals surface area (Å²) in [4.78, 5) is 13.9. The summed E-state index contributed by atoms with van der Waals surface area (Å²) in [6.07, 6.45) is -0.633. The minimum absolute atomic E-state index is 0.110. The first-order chi connectivity index (χ1) is 12.5. The van der Waals surface area contributed by atoms with E-state index >= 15 is 0 Å². The van der Waals surface area contributed by atoms with Crippen molar-refractivity contribution >= 4 is 6.09 Å². The van der Waals surface area contributed by atoms with Gasteiger partial charge in [0.2, 0.25) is 0 Å². The van der Waals surface area contributed by atoms with E-state index in [0.29, 0.717) is 39.1 Å². The number of amides is 1. The highest BCUT2D eigenvalue weighted by molar-refractivity contribution is 5.68. The number of hydrogen-bond donors (Lipinski definition) is 0. The molecule has 3 rings (SSSR count). The molecule has 6 nitrogen and oxygen atoms in total. The Morgan fingerprint density at radius 1 is 1.33 bits per heavy atom. The van der Waals surface area contributed by atoms with Crippen molar-refractivity contribution in [1.29, 1.82) is 0 Å². The number of carbonyl (C=O) groups excluding carboxylic acids is 1. The number of alkyl halides is 3. The van der Waals surface area contributed by atoms with Crippen LogP contribution in [-0.4, -0.2) is 51.7 Å². The highest BCUT2D eigenvalue weighted by atomic mass is 19.4. The van der Waals surface area contributed by atoms with Crippen molar-refractivity contribution in [1.82, 2.24) is 14.7 Å². The third kappa shape index (κ3) is 4.94. The average Bonchev–Trinajstić information content (AvgIpc) is 3.14. The Morgan fingerprint density at radius 3 is 2.56 bits per heavy atom. The van der Waals surface area contributed by atoms with Gasteiger partial charge in [0.15, 0.2) is 0 Å². The Morgan fingerprint density at radius 2 is 2.00 bits per heavy atom. The lowest BCUT2D eigenvalue weighted by Gasteiger charge is -2.39. The van der Waals surface area contributed by atoms with Crippen molar-refractivity contribution in [2.75, 3.05) is 19.7 Å². The predicted molar refractivity (Wildman–Crippen MR) is 91.1 cm³/mol. The predicted octanol–water partition coefficient (Wildman–Crippen LogP) is 3.71. The molecule has 1 spiro atoms. The van der Waals surface area contributed by atoms with E-state index in [4.69, 9.17) is 9.47 Å². The Labute approximate surface area is 156 Å². The van der Waals surface area contributed by atoms with Crippen molar-refractivity contribution in [2.45, 2.75) is 64.0 Å². The number of likely N-dealkylation sites (tertiary alicyclic amines) is 1. The van der Waals surface area contributed by atoms with Gasteiger partial charge < -0.3 is 14.4 Å². The molecule has 0 bridgehead atoms. The summed E-state index contributed by atoms with van der Waals surface area (Å²) in [5.74, 6) is 0.110. The third-order valence-electron chi connectivity index (χ3n) is 5.02. The average molecular weight is 389 g/mol. The molecule has 0 aromatic carbocycles. The minimum atomic E-state index is -4.37. The zero-order valence-electron chi connectivity index (χ0n) is 15.9. The van der Waals surface area contributed by atoms with Crippen LogP contribution in [0.4, 0.5) is 18.0 Å². The SMILES string of the molecule is CC(C)(C)OC(=O)N1CCC2(CC1)CC(Cn1cc(C(F)(F)F)cn1)CO2. The molecule has 1 unspecified atom stereocenters. The van der Waals surface area contributed by atoms with Crippen LogP contribution in [0.1, 0.15) is 45.6 Å². The molecule has 0 saturated carbocycles. The fourth-order valence-electron chi connectivity index (χ4n) is 3.70. The van der Waals surface area contributed by atoms with Crippen LogP contribution in [0.5, 0.6) is 0 Å². The number of ether oxygens (including phenoxy) is 2. The summed E-state index contributed by atoms with van der Waals surface area (Å²) in [5, 5.41) is 3.82. The molecule has 2 aliphatic heterocycles. The lowest BCUT2D eigenvalue weighted by molar-refractivity contribution is -0.137. The molecule has 3 heterocycles. The van der Waals surface area contributed by atoms with Crippen molar-refractivity contribution in [3.63, 3.8) is 0 Å². The van der Waals surface area contributed by atoms with Crippen LogP contribution in [0.2, 0.25) is 0 Å². The van der Waals surface area contributed by atoms with Crippen LogP contribution >= 0.6 is 0 Å². The molecule has 0 N–H and O–H groups in total. The second kappa shape index (κ2) is 7.00. The van der Waals surface area contributed by atoms with Gasteiger partial charge in [-0.05, 0) is 40.0 Å². The molecule has 2 saturated heterocycles. The largest absolute Gasteiger partial charge is 0.444 e. The van der Waals surface area contributed by atoms with Crippen LogP contribution in [0.3, 0.4) is 0 Å². The van der Waals surface area contributed by atoms with E-state index in [-0.39, 0.29) is 17.6 Å². The van der Waals surface area contributed by atoms with Gasteiger partial charge in [-0.15, -0.1) is 0 Å². The molecule has 9 heteroatoms. The van der Waals surface area contributed by atoms with Gasteiger partial charge in [0, 0.05) is 31.7 Å². The Hall–Kier alpha value is -1.77. The lowest BCUT2D eigenvalue weighted by atomic mass is 9.85. The van der Waals surface area contributed by atoms with E-state index in [0.717, 1.165) is 18.8 Å². The fraction of sp³-hybridized carbons (Fsp3) is 0.778. The van der Waals surface area contributed by atoms with Crippen LogP contribution in [0, 0.1) is 5.92 Å². The first-order valence-electron chi connectivity index (χ1n) is 9.17. The number of rotatable bonds is 2. The van der Waals surface area contributed by atoms with Crippen LogP contribution in [0.25, 0.3) is 0 Å². The second-order valence-corrected chi connectivity index (χ2v) is 8.48. The van der Waals surface area contributed by atoms with Gasteiger partial charge in [-0.2, -0.15) is 18.3 Å². The molecule has 1 atom stereocenters.